The summed E-state index contributed by atoms with van der Waals surface area (Å²) in [6, 6.07) is 10.9. The maximum absolute atomic E-state index is 12.4. The van der Waals surface area contributed by atoms with Crippen LogP contribution in [0, 0.1) is 16.0 Å². The Bertz CT molecular complexity index is 951. The van der Waals surface area contributed by atoms with Crippen LogP contribution < -0.4 is 10.1 Å². The van der Waals surface area contributed by atoms with Crippen molar-refractivity contribution in [1.29, 1.82) is 0 Å². The molecule has 7 heteroatoms. The summed E-state index contributed by atoms with van der Waals surface area (Å²) in [5.74, 6) is 0.805. The molecule has 0 radical (unpaired) electrons. The van der Waals surface area contributed by atoms with Crippen LogP contribution in [0.2, 0.25) is 0 Å². The van der Waals surface area contributed by atoms with Gasteiger partial charge in [0.1, 0.15) is 5.75 Å². The van der Waals surface area contributed by atoms with Crippen molar-refractivity contribution >= 4 is 17.7 Å². The Balaban J connectivity index is 1.70. The third-order valence-electron chi connectivity index (χ3n) is 4.83. The number of nitro benzene ring substituents is 1. The van der Waals surface area contributed by atoms with E-state index in [1.165, 1.54) is 29.8 Å². The van der Waals surface area contributed by atoms with Gasteiger partial charge in [-0.25, -0.2) is 0 Å². The number of rotatable bonds is 7. The maximum atomic E-state index is 12.4. The Morgan fingerprint density at radius 1 is 1.23 bits per heavy atom. The molecule has 2 aromatic rings. The zero-order chi connectivity index (χ0) is 21.7. The summed E-state index contributed by atoms with van der Waals surface area (Å²) < 4.78 is 10.7. The molecule has 0 aromatic heterocycles. The largest absolute Gasteiger partial charge is 0.467 e. The lowest BCUT2D eigenvalue weighted by molar-refractivity contribution is -0.385. The first-order valence-electron chi connectivity index (χ1n) is 9.92. The molecule has 0 saturated heterocycles. The molecule has 0 bridgehead atoms. The van der Waals surface area contributed by atoms with Crippen LogP contribution in [0.1, 0.15) is 49.1 Å². The quantitative estimate of drug-likeness (QED) is 0.411. The SMILES string of the molecule is CC(C)Cc1ccc([C@H](C)NC(=O)/C=C/c2cc([N+](=O)[O-])cc3c2OCOC3)cc1. The smallest absolute Gasteiger partial charge is 0.270 e. The van der Waals surface area contributed by atoms with E-state index in [0.29, 0.717) is 22.8 Å². The van der Waals surface area contributed by atoms with Gasteiger partial charge in [-0.15, -0.1) is 0 Å². The summed E-state index contributed by atoms with van der Waals surface area (Å²) >= 11 is 0. The highest BCUT2D eigenvalue weighted by Gasteiger charge is 2.20. The fourth-order valence-corrected chi connectivity index (χ4v) is 3.38. The van der Waals surface area contributed by atoms with Crippen LogP contribution in [0.25, 0.3) is 6.08 Å². The van der Waals surface area contributed by atoms with Crippen LogP contribution in [0.5, 0.6) is 5.75 Å². The molecule has 1 aliphatic rings. The molecule has 1 N–H and O–H groups in total. The third kappa shape index (κ3) is 5.45. The normalized spacial score (nSPS) is 14.3. The zero-order valence-corrected chi connectivity index (χ0v) is 17.4. The first-order chi connectivity index (χ1) is 14.3. The summed E-state index contributed by atoms with van der Waals surface area (Å²) in [5.41, 5.74) is 3.27. The third-order valence-corrected chi connectivity index (χ3v) is 4.83. The van der Waals surface area contributed by atoms with E-state index in [0.717, 1.165) is 12.0 Å². The van der Waals surface area contributed by atoms with Crippen molar-refractivity contribution in [3.05, 3.63) is 74.8 Å². The highest BCUT2D eigenvalue weighted by atomic mass is 16.7. The second-order valence-electron chi connectivity index (χ2n) is 7.79. The van der Waals surface area contributed by atoms with E-state index in [1.54, 1.807) is 0 Å². The molecular weight excluding hydrogens is 384 g/mol. The summed E-state index contributed by atoms with van der Waals surface area (Å²) in [4.78, 5) is 23.1. The number of hydrogen-bond acceptors (Lipinski definition) is 5. The van der Waals surface area contributed by atoms with Crippen LogP contribution in [0.4, 0.5) is 5.69 Å². The van der Waals surface area contributed by atoms with Gasteiger partial charge in [0, 0.05) is 29.3 Å². The first-order valence-corrected chi connectivity index (χ1v) is 9.92. The number of nitrogens with one attached hydrogen (secondary N) is 1. The van der Waals surface area contributed by atoms with E-state index >= 15 is 0 Å². The molecule has 0 unspecified atom stereocenters. The van der Waals surface area contributed by atoms with Crippen molar-refractivity contribution in [2.75, 3.05) is 6.79 Å². The van der Waals surface area contributed by atoms with Gasteiger partial charge in [-0.3, -0.25) is 14.9 Å². The zero-order valence-electron chi connectivity index (χ0n) is 17.4. The van der Waals surface area contributed by atoms with Gasteiger partial charge in [-0.2, -0.15) is 0 Å². The molecule has 2 aromatic carbocycles. The molecular formula is C23H26N2O5. The molecule has 1 amide bonds. The van der Waals surface area contributed by atoms with E-state index in [9.17, 15) is 14.9 Å². The van der Waals surface area contributed by atoms with Gasteiger partial charge in [0.2, 0.25) is 5.91 Å². The molecule has 1 aliphatic heterocycles. The number of carbonyl (C=O) groups excluding carboxylic acids is 1. The number of carbonyl (C=O) groups is 1. The fourth-order valence-electron chi connectivity index (χ4n) is 3.38. The second-order valence-corrected chi connectivity index (χ2v) is 7.79. The Morgan fingerprint density at radius 2 is 1.97 bits per heavy atom. The lowest BCUT2D eigenvalue weighted by Crippen LogP contribution is -2.24. The number of nitro groups is 1. The number of non-ortho nitro benzene ring substituents is 1. The molecule has 1 heterocycles. The highest BCUT2D eigenvalue weighted by Crippen LogP contribution is 2.33. The van der Waals surface area contributed by atoms with E-state index in [2.05, 4.69) is 31.3 Å². The van der Waals surface area contributed by atoms with Crippen molar-refractivity contribution in [3.8, 4) is 5.75 Å². The topological polar surface area (TPSA) is 90.7 Å². The number of nitrogens with zero attached hydrogens (tertiary/aromatic N) is 1. The molecule has 158 valence electrons. The van der Waals surface area contributed by atoms with Crippen LogP contribution >= 0.6 is 0 Å². The average Bonchev–Trinajstić information content (AvgIpc) is 2.71. The number of fused-ring (bicyclic) bond motifs is 1. The highest BCUT2D eigenvalue weighted by molar-refractivity contribution is 5.92. The molecule has 0 aliphatic carbocycles. The van der Waals surface area contributed by atoms with Gasteiger partial charge in [-0.1, -0.05) is 38.1 Å². The lowest BCUT2D eigenvalue weighted by atomic mass is 10.00. The lowest BCUT2D eigenvalue weighted by Gasteiger charge is -2.19. The first kappa shape index (κ1) is 21.5. The van der Waals surface area contributed by atoms with E-state index < -0.39 is 4.92 Å². The molecule has 0 fully saturated rings. The monoisotopic (exact) mass is 410 g/mol. The van der Waals surface area contributed by atoms with Crippen molar-refractivity contribution in [3.63, 3.8) is 0 Å². The maximum Gasteiger partial charge on any atom is 0.270 e. The molecule has 1 atom stereocenters. The number of hydrogen-bond donors (Lipinski definition) is 1. The van der Waals surface area contributed by atoms with Crippen LogP contribution in [0.15, 0.2) is 42.5 Å². The van der Waals surface area contributed by atoms with Gasteiger partial charge < -0.3 is 14.8 Å². The van der Waals surface area contributed by atoms with Crippen molar-refractivity contribution < 1.29 is 19.2 Å². The molecule has 0 saturated carbocycles. The molecule has 7 nitrogen and oxygen atoms in total. The predicted octanol–water partition coefficient (Wildman–Crippen LogP) is 4.55. The van der Waals surface area contributed by atoms with Crippen LogP contribution in [-0.2, 0) is 22.6 Å². The number of amides is 1. The molecule has 30 heavy (non-hydrogen) atoms. The summed E-state index contributed by atoms with van der Waals surface area (Å²) in [5, 5.41) is 14.1. The van der Waals surface area contributed by atoms with Gasteiger partial charge in [0.25, 0.3) is 5.69 Å². The Morgan fingerprint density at radius 3 is 2.63 bits per heavy atom. The average molecular weight is 410 g/mol. The van der Waals surface area contributed by atoms with E-state index in [-0.39, 0.29) is 31.0 Å². The summed E-state index contributed by atoms with van der Waals surface area (Å²) in [7, 11) is 0. The Hall–Kier alpha value is -3.19. The standard InChI is InChI=1S/C23H26N2O5/c1-15(2)10-17-4-6-18(7-5-17)16(3)24-22(26)9-8-19-11-21(25(27)28)12-20-13-29-14-30-23(19)20/h4-9,11-12,15-16H,10,13-14H2,1-3H3,(H,24,26)/b9-8+/t16-/m0/s1. The molecule has 0 spiro atoms. The van der Waals surface area contributed by atoms with Gasteiger partial charge >= 0.3 is 0 Å². The van der Waals surface area contributed by atoms with Crippen molar-refractivity contribution in [2.24, 2.45) is 5.92 Å². The van der Waals surface area contributed by atoms with Crippen LogP contribution in [0.3, 0.4) is 0 Å². The van der Waals surface area contributed by atoms with Gasteiger partial charge in [0.15, 0.2) is 6.79 Å². The number of benzene rings is 2. The summed E-state index contributed by atoms with van der Waals surface area (Å²) in [6.07, 6.45) is 3.91. The van der Waals surface area contributed by atoms with E-state index in [4.69, 9.17) is 9.47 Å². The fraction of sp³-hybridized carbons (Fsp3) is 0.348. The minimum Gasteiger partial charge on any atom is -0.467 e. The summed E-state index contributed by atoms with van der Waals surface area (Å²) in [6.45, 7) is 6.58. The van der Waals surface area contributed by atoms with E-state index in [1.807, 2.05) is 19.1 Å². The molecule has 3 rings (SSSR count). The van der Waals surface area contributed by atoms with Crippen LogP contribution in [-0.4, -0.2) is 17.6 Å². The Kier molecular flexibility index (Phi) is 6.84. The Labute approximate surface area is 175 Å². The van der Waals surface area contributed by atoms with Gasteiger partial charge in [-0.05, 0) is 36.5 Å². The van der Waals surface area contributed by atoms with Crippen molar-refractivity contribution in [1.82, 2.24) is 5.32 Å². The minimum absolute atomic E-state index is 0.0711. The van der Waals surface area contributed by atoms with Crippen molar-refractivity contribution in [2.45, 2.75) is 39.8 Å². The number of ether oxygens (including phenoxy) is 2. The van der Waals surface area contributed by atoms with Gasteiger partial charge in [0.05, 0.1) is 17.6 Å². The predicted molar refractivity (Wildman–Crippen MR) is 114 cm³/mol. The minimum atomic E-state index is -0.475. The second kappa shape index (κ2) is 9.54.